The molecule has 3 rings (SSSR count). The summed E-state index contributed by atoms with van der Waals surface area (Å²) >= 11 is 7.49. The van der Waals surface area contributed by atoms with Gasteiger partial charge in [-0.25, -0.2) is 19.0 Å². The van der Waals surface area contributed by atoms with Crippen molar-refractivity contribution in [2.45, 2.75) is 5.16 Å². The highest BCUT2D eigenvalue weighted by atomic mass is 35.5. The van der Waals surface area contributed by atoms with E-state index in [1.165, 1.54) is 23.9 Å². The molecule has 19 heavy (non-hydrogen) atoms. The van der Waals surface area contributed by atoms with Crippen LogP contribution in [0.4, 0.5) is 4.39 Å². The van der Waals surface area contributed by atoms with Crippen LogP contribution in [0.5, 0.6) is 0 Å². The SMILES string of the molecule is CSc1ncc2c(Cl)nn(-c3ccc(F)cc3)c2n1. The van der Waals surface area contributed by atoms with Gasteiger partial charge in [0.1, 0.15) is 5.82 Å². The zero-order chi connectivity index (χ0) is 13.4. The highest BCUT2D eigenvalue weighted by Crippen LogP contribution is 2.25. The Hall–Kier alpha value is -1.66. The zero-order valence-electron chi connectivity index (χ0n) is 9.84. The monoisotopic (exact) mass is 294 g/mol. The molecule has 0 atom stereocenters. The van der Waals surface area contributed by atoms with Crippen molar-refractivity contribution in [3.05, 3.63) is 41.4 Å². The van der Waals surface area contributed by atoms with Gasteiger partial charge in [-0.05, 0) is 30.5 Å². The summed E-state index contributed by atoms with van der Waals surface area (Å²) in [7, 11) is 0. The smallest absolute Gasteiger partial charge is 0.189 e. The van der Waals surface area contributed by atoms with Gasteiger partial charge in [-0.1, -0.05) is 23.4 Å². The molecule has 0 unspecified atom stereocenters. The number of hydrogen-bond acceptors (Lipinski definition) is 4. The molecule has 0 bridgehead atoms. The van der Waals surface area contributed by atoms with Gasteiger partial charge in [0.25, 0.3) is 0 Å². The number of fused-ring (bicyclic) bond motifs is 1. The summed E-state index contributed by atoms with van der Waals surface area (Å²) in [5.41, 5.74) is 1.31. The van der Waals surface area contributed by atoms with Crippen molar-refractivity contribution in [2.24, 2.45) is 0 Å². The van der Waals surface area contributed by atoms with E-state index in [4.69, 9.17) is 11.6 Å². The zero-order valence-corrected chi connectivity index (χ0v) is 11.4. The summed E-state index contributed by atoms with van der Waals surface area (Å²) in [6.07, 6.45) is 3.53. The molecule has 2 heterocycles. The van der Waals surface area contributed by atoms with Crippen LogP contribution in [0.2, 0.25) is 5.15 Å². The van der Waals surface area contributed by atoms with Crippen molar-refractivity contribution >= 4 is 34.4 Å². The maximum Gasteiger partial charge on any atom is 0.189 e. The summed E-state index contributed by atoms with van der Waals surface area (Å²) < 4.78 is 14.5. The molecule has 0 aliphatic carbocycles. The number of nitrogens with zero attached hydrogens (tertiary/aromatic N) is 4. The highest BCUT2D eigenvalue weighted by molar-refractivity contribution is 7.98. The summed E-state index contributed by atoms with van der Waals surface area (Å²) in [4.78, 5) is 8.55. The molecule has 0 aliphatic heterocycles. The molecule has 2 aromatic heterocycles. The van der Waals surface area contributed by atoms with Crippen molar-refractivity contribution in [1.82, 2.24) is 19.7 Å². The minimum Gasteiger partial charge on any atom is -0.230 e. The first kappa shape index (κ1) is 12.4. The van der Waals surface area contributed by atoms with Gasteiger partial charge in [0.05, 0.1) is 11.1 Å². The minimum atomic E-state index is -0.300. The Kier molecular flexibility index (Phi) is 3.12. The minimum absolute atomic E-state index is 0.300. The lowest BCUT2D eigenvalue weighted by atomic mass is 10.3. The Balaban J connectivity index is 2.25. The van der Waals surface area contributed by atoms with Crippen LogP contribution in [-0.4, -0.2) is 26.0 Å². The van der Waals surface area contributed by atoms with Gasteiger partial charge in [-0.15, -0.1) is 0 Å². The third-order valence-corrected chi connectivity index (χ3v) is 3.45. The number of aromatic nitrogens is 4. The van der Waals surface area contributed by atoms with E-state index in [0.29, 0.717) is 27.0 Å². The van der Waals surface area contributed by atoms with E-state index in [2.05, 4.69) is 15.1 Å². The summed E-state index contributed by atoms with van der Waals surface area (Å²) in [5.74, 6) is -0.300. The number of halogens is 2. The van der Waals surface area contributed by atoms with Gasteiger partial charge >= 0.3 is 0 Å². The first-order valence-electron chi connectivity index (χ1n) is 5.40. The molecule has 1 aromatic carbocycles. The molecule has 3 aromatic rings. The molecule has 96 valence electrons. The van der Waals surface area contributed by atoms with E-state index in [1.54, 1.807) is 23.0 Å². The third-order valence-electron chi connectivity index (χ3n) is 2.61. The molecule has 0 fully saturated rings. The predicted octanol–water partition coefficient (Wildman–Crippen LogP) is 3.33. The Bertz CT molecular complexity index is 741. The van der Waals surface area contributed by atoms with Crippen LogP contribution in [0.3, 0.4) is 0 Å². The van der Waals surface area contributed by atoms with Crippen molar-refractivity contribution < 1.29 is 4.39 Å². The van der Waals surface area contributed by atoms with E-state index < -0.39 is 0 Å². The Morgan fingerprint density at radius 1 is 1.26 bits per heavy atom. The highest BCUT2D eigenvalue weighted by Gasteiger charge is 2.13. The van der Waals surface area contributed by atoms with Crippen LogP contribution in [0.25, 0.3) is 16.7 Å². The van der Waals surface area contributed by atoms with E-state index in [1.807, 2.05) is 6.26 Å². The fourth-order valence-corrected chi connectivity index (χ4v) is 2.26. The van der Waals surface area contributed by atoms with Crippen LogP contribution in [0, 0.1) is 5.82 Å². The average Bonchev–Trinajstić information content (AvgIpc) is 2.76. The van der Waals surface area contributed by atoms with Gasteiger partial charge in [0, 0.05) is 6.20 Å². The second-order valence-electron chi connectivity index (χ2n) is 3.77. The van der Waals surface area contributed by atoms with E-state index in [-0.39, 0.29) is 5.82 Å². The number of thioether (sulfide) groups is 1. The van der Waals surface area contributed by atoms with Crippen LogP contribution in [0.1, 0.15) is 0 Å². The lowest BCUT2D eigenvalue weighted by Crippen LogP contribution is -1.98. The van der Waals surface area contributed by atoms with Crippen molar-refractivity contribution in [3.63, 3.8) is 0 Å². The number of benzene rings is 1. The van der Waals surface area contributed by atoms with Gasteiger partial charge in [-0.2, -0.15) is 5.10 Å². The summed E-state index contributed by atoms with van der Waals surface area (Å²) in [6.45, 7) is 0. The Morgan fingerprint density at radius 3 is 2.68 bits per heavy atom. The Morgan fingerprint density at radius 2 is 2.00 bits per heavy atom. The fraction of sp³-hybridized carbons (Fsp3) is 0.0833. The third kappa shape index (κ3) is 2.17. The molecule has 0 spiro atoms. The quantitative estimate of drug-likeness (QED) is 0.537. The molecule has 4 nitrogen and oxygen atoms in total. The standard InChI is InChI=1S/C12H8ClFN4S/c1-19-12-15-6-9-10(13)17-18(11(9)16-12)8-4-2-7(14)3-5-8/h2-6H,1H3. The average molecular weight is 295 g/mol. The van der Waals surface area contributed by atoms with E-state index in [0.717, 1.165) is 0 Å². The van der Waals surface area contributed by atoms with E-state index >= 15 is 0 Å². The molecule has 0 N–H and O–H groups in total. The van der Waals surface area contributed by atoms with Crippen molar-refractivity contribution in [2.75, 3.05) is 6.26 Å². The topological polar surface area (TPSA) is 43.6 Å². The molecule has 0 saturated carbocycles. The fourth-order valence-electron chi connectivity index (χ4n) is 1.71. The first-order chi connectivity index (χ1) is 9.19. The normalized spacial score (nSPS) is 11.1. The molecular formula is C12H8ClFN4S. The molecule has 0 aliphatic rings. The van der Waals surface area contributed by atoms with Gasteiger partial charge in [-0.3, -0.25) is 0 Å². The van der Waals surface area contributed by atoms with Gasteiger partial charge in [0.15, 0.2) is 16.0 Å². The van der Waals surface area contributed by atoms with Crippen molar-refractivity contribution in [3.8, 4) is 5.69 Å². The predicted molar refractivity (Wildman–Crippen MR) is 73.4 cm³/mol. The Labute approximate surface area is 117 Å². The maximum atomic E-state index is 13.0. The van der Waals surface area contributed by atoms with Crippen LogP contribution in [0.15, 0.2) is 35.6 Å². The number of hydrogen-bond donors (Lipinski definition) is 0. The number of rotatable bonds is 2. The van der Waals surface area contributed by atoms with Crippen LogP contribution in [-0.2, 0) is 0 Å². The maximum absolute atomic E-state index is 13.0. The molecule has 0 amide bonds. The lowest BCUT2D eigenvalue weighted by molar-refractivity contribution is 0.627. The second-order valence-corrected chi connectivity index (χ2v) is 4.90. The summed E-state index contributed by atoms with van der Waals surface area (Å²) in [6, 6.07) is 5.98. The molecule has 0 saturated heterocycles. The first-order valence-corrected chi connectivity index (χ1v) is 7.00. The molecular weight excluding hydrogens is 287 g/mol. The molecule has 0 radical (unpaired) electrons. The van der Waals surface area contributed by atoms with Crippen LogP contribution < -0.4 is 0 Å². The second kappa shape index (κ2) is 4.79. The van der Waals surface area contributed by atoms with Gasteiger partial charge < -0.3 is 0 Å². The largest absolute Gasteiger partial charge is 0.230 e. The van der Waals surface area contributed by atoms with Crippen molar-refractivity contribution in [1.29, 1.82) is 0 Å². The van der Waals surface area contributed by atoms with Gasteiger partial charge in [0.2, 0.25) is 0 Å². The van der Waals surface area contributed by atoms with Crippen LogP contribution >= 0.6 is 23.4 Å². The molecule has 7 heteroatoms. The van der Waals surface area contributed by atoms with E-state index in [9.17, 15) is 4.39 Å². The summed E-state index contributed by atoms with van der Waals surface area (Å²) in [5, 5.41) is 5.84. The lowest BCUT2D eigenvalue weighted by Gasteiger charge is -2.02.